The Morgan fingerprint density at radius 2 is 1.82 bits per heavy atom. The Labute approximate surface area is 227 Å². The average Bonchev–Trinajstić information content (AvgIpc) is 3.67. The molecule has 1 aliphatic heterocycles. The van der Waals surface area contributed by atoms with Crippen LogP contribution < -0.4 is 19.7 Å². The summed E-state index contributed by atoms with van der Waals surface area (Å²) in [6, 6.07) is 19.7. The lowest BCUT2D eigenvalue weighted by Crippen LogP contribution is -2.48. The number of amides is 3. The van der Waals surface area contributed by atoms with Crippen LogP contribution in [-0.4, -0.2) is 48.7 Å². The van der Waals surface area contributed by atoms with Crippen LogP contribution in [0.4, 0.5) is 16.2 Å². The quantitative estimate of drug-likeness (QED) is 0.294. The summed E-state index contributed by atoms with van der Waals surface area (Å²) in [5.41, 5.74) is 3.04. The number of urea groups is 1. The van der Waals surface area contributed by atoms with Crippen molar-refractivity contribution in [1.82, 2.24) is 9.47 Å². The van der Waals surface area contributed by atoms with Crippen molar-refractivity contribution in [3.05, 3.63) is 90.6 Å². The van der Waals surface area contributed by atoms with Crippen LogP contribution in [0.3, 0.4) is 0 Å². The van der Waals surface area contributed by atoms with Crippen LogP contribution in [0.5, 0.6) is 11.5 Å². The average molecular weight is 529 g/mol. The number of anilines is 2. The lowest BCUT2D eigenvalue weighted by Gasteiger charge is -2.38. The van der Waals surface area contributed by atoms with Crippen LogP contribution in [0.1, 0.15) is 37.3 Å². The van der Waals surface area contributed by atoms with E-state index in [1.165, 1.54) is 7.11 Å². The Morgan fingerprint density at radius 3 is 2.54 bits per heavy atom. The summed E-state index contributed by atoms with van der Waals surface area (Å²) in [5.74, 6) is 1.50. The van der Waals surface area contributed by atoms with E-state index in [1.807, 2.05) is 61.7 Å². The molecule has 1 unspecified atom stereocenters. The third kappa shape index (κ3) is 5.07. The van der Waals surface area contributed by atoms with Gasteiger partial charge >= 0.3 is 6.03 Å². The third-order valence-electron chi connectivity index (χ3n) is 6.85. The molecule has 0 fully saturated rings. The molecule has 4 aromatic rings. The highest BCUT2D eigenvalue weighted by atomic mass is 16.5. The van der Waals surface area contributed by atoms with Gasteiger partial charge in [-0.05, 0) is 55.0 Å². The molecule has 9 nitrogen and oxygen atoms in total. The molecule has 5 rings (SSSR count). The number of aromatic nitrogens is 1. The monoisotopic (exact) mass is 528 g/mol. The van der Waals surface area contributed by atoms with Gasteiger partial charge in [-0.25, -0.2) is 4.79 Å². The predicted molar refractivity (Wildman–Crippen MR) is 149 cm³/mol. The van der Waals surface area contributed by atoms with Gasteiger partial charge in [0.2, 0.25) is 5.91 Å². The molecule has 3 heterocycles. The molecule has 1 N–H and O–H groups in total. The number of benzene rings is 2. The molecular weight excluding hydrogens is 496 g/mol. The van der Waals surface area contributed by atoms with Gasteiger partial charge in [0.05, 0.1) is 43.2 Å². The first-order chi connectivity index (χ1) is 19.0. The van der Waals surface area contributed by atoms with Crippen molar-refractivity contribution in [1.29, 1.82) is 0 Å². The van der Waals surface area contributed by atoms with Gasteiger partial charge in [-0.3, -0.25) is 9.69 Å². The van der Waals surface area contributed by atoms with E-state index in [0.29, 0.717) is 29.5 Å². The SMILES string of the molecule is CCCCN(CC(=O)N1c2ccccc2-n2cccc2C1c1ccco1)C(=O)Nc1ccc(OC)cc1OC. The van der Waals surface area contributed by atoms with E-state index in [9.17, 15) is 9.59 Å². The second kappa shape index (κ2) is 11.4. The van der Waals surface area contributed by atoms with E-state index < -0.39 is 6.04 Å². The number of ether oxygens (including phenoxy) is 2. The maximum Gasteiger partial charge on any atom is 0.322 e. The van der Waals surface area contributed by atoms with E-state index in [-0.39, 0.29) is 18.5 Å². The van der Waals surface area contributed by atoms with Gasteiger partial charge in [-0.1, -0.05) is 25.5 Å². The number of nitrogens with one attached hydrogen (secondary N) is 1. The lowest BCUT2D eigenvalue weighted by atomic mass is 10.0. The minimum absolute atomic E-state index is 0.115. The van der Waals surface area contributed by atoms with E-state index in [0.717, 1.165) is 29.9 Å². The van der Waals surface area contributed by atoms with Crippen molar-refractivity contribution < 1.29 is 23.5 Å². The Hall–Kier alpha value is -4.66. The summed E-state index contributed by atoms with van der Waals surface area (Å²) in [6.07, 6.45) is 5.21. The highest BCUT2D eigenvalue weighted by Gasteiger charge is 2.38. The molecule has 202 valence electrons. The molecule has 0 aliphatic carbocycles. The molecule has 2 aromatic carbocycles. The first-order valence-electron chi connectivity index (χ1n) is 13.0. The number of rotatable bonds is 9. The number of methoxy groups -OCH3 is 2. The molecule has 0 saturated carbocycles. The molecule has 1 atom stereocenters. The zero-order valence-electron chi connectivity index (χ0n) is 22.3. The van der Waals surface area contributed by atoms with Crippen LogP contribution in [0, 0.1) is 0 Å². The van der Waals surface area contributed by atoms with Gasteiger partial charge in [-0.2, -0.15) is 0 Å². The van der Waals surface area contributed by atoms with Gasteiger partial charge in [-0.15, -0.1) is 0 Å². The van der Waals surface area contributed by atoms with Crippen molar-refractivity contribution in [2.75, 3.05) is 37.5 Å². The van der Waals surface area contributed by atoms with Crippen molar-refractivity contribution >= 4 is 23.3 Å². The summed E-state index contributed by atoms with van der Waals surface area (Å²) in [4.78, 5) is 30.9. The number of hydrogen-bond acceptors (Lipinski definition) is 5. The first-order valence-corrected chi connectivity index (χ1v) is 13.0. The minimum Gasteiger partial charge on any atom is -0.497 e. The molecule has 0 radical (unpaired) electrons. The van der Waals surface area contributed by atoms with Crippen molar-refractivity contribution in [3.8, 4) is 17.2 Å². The molecule has 3 amide bonds. The molecule has 39 heavy (non-hydrogen) atoms. The molecule has 2 aromatic heterocycles. The number of unbranched alkanes of at least 4 members (excludes halogenated alkanes) is 1. The van der Waals surface area contributed by atoms with E-state index in [1.54, 1.807) is 41.4 Å². The van der Waals surface area contributed by atoms with Crippen LogP contribution >= 0.6 is 0 Å². The van der Waals surface area contributed by atoms with Gasteiger partial charge < -0.3 is 28.7 Å². The Morgan fingerprint density at radius 1 is 1.00 bits per heavy atom. The number of carbonyl (C=O) groups is 2. The van der Waals surface area contributed by atoms with Crippen molar-refractivity contribution in [3.63, 3.8) is 0 Å². The number of nitrogens with zero attached hydrogens (tertiary/aromatic N) is 3. The first kappa shape index (κ1) is 26.0. The summed E-state index contributed by atoms with van der Waals surface area (Å²) in [6.45, 7) is 2.35. The maximum atomic E-state index is 14.1. The normalized spacial score (nSPS) is 13.8. The van der Waals surface area contributed by atoms with Crippen LogP contribution in [0.15, 0.2) is 83.6 Å². The van der Waals surface area contributed by atoms with Gasteiger partial charge in [0.25, 0.3) is 0 Å². The number of fused-ring (bicyclic) bond motifs is 3. The summed E-state index contributed by atoms with van der Waals surface area (Å²) in [5, 5.41) is 2.91. The number of hydrogen-bond donors (Lipinski definition) is 1. The van der Waals surface area contributed by atoms with Crippen molar-refractivity contribution in [2.45, 2.75) is 25.8 Å². The zero-order valence-corrected chi connectivity index (χ0v) is 22.3. The highest BCUT2D eigenvalue weighted by molar-refractivity contribution is 6.01. The fourth-order valence-corrected chi connectivity index (χ4v) is 4.91. The maximum absolute atomic E-state index is 14.1. The minimum atomic E-state index is -0.477. The van der Waals surface area contributed by atoms with Gasteiger partial charge in [0.1, 0.15) is 29.8 Å². The molecule has 0 spiro atoms. The van der Waals surface area contributed by atoms with Gasteiger partial charge in [0, 0.05) is 18.8 Å². The third-order valence-corrected chi connectivity index (χ3v) is 6.85. The van der Waals surface area contributed by atoms with Crippen LogP contribution in [0.25, 0.3) is 5.69 Å². The topological polar surface area (TPSA) is 89.2 Å². The predicted octanol–water partition coefficient (Wildman–Crippen LogP) is 5.86. The second-order valence-corrected chi connectivity index (χ2v) is 9.24. The number of furan rings is 1. The lowest BCUT2D eigenvalue weighted by molar-refractivity contribution is -0.119. The fourth-order valence-electron chi connectivity index (χ4n) is 4.91. The van der Waals surface area contributed by atoms with Gasteiger partial charge in [0.15, 0.2) is 0 Å². The fraction of sp³-hybridized carbons (Fsp3) is 0.267. The van der Waals surface area contributed by atoms with E-state index >= 15 is 0 Å². The van der Waals surface area contributed by atoms with Crippen LogP contribution in [-0.2, 0) is 4.79 Å². The molecule has 9 heteroatoms. The number of para-hydroxylation sites is 2. The van der Waals surface area contributed by atoms with Crippen molar-refractivity contribution in [2.24, 2.45) is 0 Å². The molecule has 0 bridgehead atoms. The Kier molecular flexibility index (Phi) is 7.58. The molecular formula is C30H32N4O5. The standard InChI is InChI=1S/C30H32N4O5/c1-4-5-16-32(30(36)31-22-15-14-21(37-2)19-27(22)38-3)20-28(35)34-24-11-7-6-10-23(24)33-17-8-12-25(33)29(34)26-13-9-18-39-26/h6-15,17-19,29H,4-5,16,20H2,1-3H3,(H,31,36). The largest absolute Gasteiger partial charge is 0.497 e. The zero-order chi connectivity index (χ0) is 27.4. The number of carbonyl (C=O) groups excluding carboxylic acids is 2. The van der Waals surface area contributed by atoms with E-state index in [4.69, 9.17) is 13.9 Å². The molecule has 0 saturated heterocycles. The highest BCUT2D eigenvalue weighted by Crippen LogP contribution is 2.42. The van der Waals surface area contributed by atoms with E-state index in [2.05, 4.69) is 9.88 Å². The summed E-state index contributed by atoms with van der Waals surface area (Å²) >= 11 is 0. The van der Waals surface area contributed by atoms with Crippen LogP contribution in [0.2, 0.25) is 0 Å². The second-order valence-electron chi connectivity index (χ2n) is 9.24. The Balaban J connectivity index is 1.46. The summed E-state index contributed by atoms with van der Waals surface area (Å²) < 4.78 is 18.6. The smallest absolute Gasteiger partial charge is 0.322 e. The summed E-state index contributed by atoms with van der Waals surface area (Å²) in [7, 11) is 3.10. The Bertz CT molecular complexity index is 1450. The molecule has 1 aliphatic rings.